The average molecular weight is 356 g/mol. The van der Waals surface area contributed by atoms with E-state index in [4.69, 9.17) is 11.6 Å². The lowest BCUT2D eigenvalue weighted by Crippen LogP contribution is -2.33. The van der Waals surface area contributed by atoms with E-state index in [1.165, 1.54) is 6.20 Å². The molecule has 0 radical (unpaired) electrons. The van der Waals surface area contributed by atoms with Gasteiger partial charge in [-0.3, -0.25) is 14.3 Å². The quantitative estimate of drug-likeness (QED) is 0.721. The topological polar surface area (TPSA) is 55.2 Å². The highest BCUT2D eigenvalue weighted by atomic mass is 35.5. The number of amides is 1. The first-order valence-electron chi connectivity index (χ1n) is 7.94. The number of benzene rings is 2. The molecule has 0 fully saturated rings. The van der Waals surface area contributed by atoms with E-state index in [0.29, 0.717) is 15.9 Å². The summed E-state index contributed by atoms with van der Waals surface area (Å²) in [5.74, 6) is -0.117. The third-order valence-corrected chi connectivity index (χ3v) is 4.72. The normalized spacial score (nSPS) is 12.1. The van der Waals surface area contributed by atoms with Crippen LogP contribution in [-0.4, -0.2) is 27.6 Å². The molecule has 3 rings (SSSR count). The first-order chi connectivity index (χ1) is 12.0. The zero-order valence-electron chi connectivity index (χ0n) is 14.0. The molecule has 0 saturated carbocycles. The van der Waals surface area contributed by atoms with Crippen LogP contribution in [0.5, 0.6) is 0 Å². The van der Waals surface area contributed by atoms with E-state index in [2.05, 4.69) is 5.10 Å². The van der Waals surface area contributed by atoms with Gasteiger partial charge in [-0.25, -0.2) is 0 Å². The summed E-state index contributed by atoms with van der Waals surface area (Å²) in [6.07, 6.45) is 1.24. The third kappa shape index (κ3) is 3.42. The number of fused-ring (bicyclic) bond motifs is 1. The zero-order chi connectivity index (χ0) is 18.0. The van der Waals surface area contributed by atoms with Gasteiger partial charge in [0.25, 0.3) is 0 Å². The van der Waals surface area contributed by atoms with Crippen LogP contribution in [0, 0.1) is 0 Å². The fourth-order valence-corrected chi connectivity index (χ4v) is 3.06. The van der Waals surface area contributed by atoms with Gasteiger partial charge in [0.1, 0.15) is 6.54 Å². The lowest BCUT2D eigenvalue weighted by molar-refractivity contribution is -0.132. The van der Waals surface area contributed by atoms with Crippen LogP contribution in [0.3, 0.4) is 0 Å². The zero-order valence-corrected chi connectivity index (χ0v) is 14.8. The van der Waals surface area contributed by atoms with E-state index in [-0.39, 0.29) is 23.9 Å². The van der Waals surface area contributed by atoms with Crippen LogP contribution >= 0.6 is 11.6 Å². The molecule has 0 N–H and O–H groups in total. The van der Waals surface area contributed by atoms with Crippen molar-refractivity contribution in [2.24, 2.45) is 0 Å². The highest BCUT2D eigenvalue weighted by Gasteiger charge is 2.20. The van der Waals surface area contributed by atoms with Crippen molar-refractivity contribution in [3.8, 4) is 0 Å². The predicted octanol–water partition coefficient (Wildman–Crippen LogP) is 3.27. The van der Waals surface area contributed by atoms with Gasteiger partial charge in [-0.15, -0.1) is 0 Å². The Bertz CT molecular complexity index is 984. The van der Waals surface area contributed by atoms with Gasteiger partial charge < -0.3 is 4.90 Å². The number of nitrogens with zero attached hydrogens (tertiary/aromatic N) is 3. The summed E-state index contributed by atoms with van der Waals surface area (Å²) in [6.45, 7) is 1.97. The van der Waals surface area contributed by atoms with Crippen molar-refractivity contribution in [3.05, 3.63) is 75.5 Å². The second-order valence-electron chi connectivity index (χ2n) is 5.89. The summed E-state index contributed by atoms with van der Waals surface area (Å²) in [7, 11) is 1.74. The fourth-order valence-electron chi connectivity index (χ4n) is 2.77. The van der Waals surface area contributed by atoms with Gasteiger partial charge >= 0.3 is 0 Å². The standard InChI is InChI=1S/C19H18ClN3O2/c1-13(14-7-3-5-9-16(14)20)22(2)19(25)12-23-17-10-6-4-8-15(17)18(24)11-21-23/h3-11,13H,12H2,1-2H3. The number of rotatable bonds is 4. The number of aromatic nitrogens is 2. The molecule has 128 valence electrons. The molecular weight excluding hydrogens is 338 g/mol. The maximum absolute atomic E-state index is 12.7. The summed E-state index contributed by atoms with van der Waals surface area (Å²) in [6, 6.07) is 14.4. The Labute approximate surface area is 150 Å². The molecule has 25 heavy (non-hydrogen) atoms. The van der Waals surface area contributed by atoms with Crippen LogP contribution < -0.4 is 5.43 Å². The summed E-state index contributed by atoms with van der Waals surface area (Å²) in [4.78, 5) is 26.2. The fraction of sp³-hybridized carbons (Fsp3) is 0.211. The van der Waals surface area contributed by atoms with Crippen LogP contribution in [0.25, 0.3) is 10.9 Å². The Kier molecular flexibility index (Phi) is 4.86. The largest absolute Gasteiger partial charge is 0.337 e. The molecule has 1 atom stereocenters. The Balaban J connectivity index is 1.86. The highest BCUT2D eigenvalue weighted by molar-refractivity contribution is 6.31. The van der Waals surface area contributed by atoms with Crippen LogP contribution in [0.2, 0.25) is 5.02 Å². The number of halogens is 1. The van der Waals surface area contributed by atoms with Gasteiger partial charge in [0.2, 0.25) is 11.3 Å². The molecule has 1 aromatic heterocycles. The van der Waals surface area contributed by atoms with Crippen molar-refractivity contribution >= 4 is 28.4 Å². The lowest BCUT2D eigenvalue weighted by atomic mass is 10.1. The van der Waals surface area contributed by atoms with Crippen molar-refractivity contribution in [2.75, 3.05) is 7.05 Å². The Morgan fingerprint density at radius 3 is 2.64 bits per heavy atom. The van der Waals surface area contributed by atoms with Crippen molar-refractivity contribution in [3.63, 3.8) is 0 Å². The molecule has 1 unspecified atom stereocenters. The maximum Gasteiger partial charge on any atom is 0.244 e. The molecule has 3 aromatic rings. The van der Waals surface area contributed by atoms with Crippen molar-refractivity contribution in [1.82, 2.24) is 14.7 Å². The average Bonchev–Trinajstić information content (AvgIpc) is 2.63. The van der Waals surface area contributed by atoms with Gasteiger partial charge in [-0.1, -0.05) is 41.9 Å². The second-order valence-corrected chi connectivity index (χ2v) is 6.29. The lowest BCUT2D eigenvalue weighted by Gasteiger charge is -2.26. The molecule has 0 aliphatic rings. The molecule has 0 saturated heterocycles. The SMILES string of the molecule is CC(c1ccccc1Cl)N(C)C(=O)Cn1ncc(=O)c2ccccc21. The smallest absolute Gasteiger partial charge is 0.244 e. The summed E-state index contributed by atoms with van der Waals surface area (Å²) in [5, 5.41) is 5.28. The van der Waals surface area contributed by atoms with Gasteiger partial charge in [0, 0.05) is 17.5 Å². The monoisotopic (exact) mass is 355 g/mol. The number of hydrogen-bond donors (Lipinski definition) is 0. The van der Waals surface area contributed by atoms with Crippen LogP contribution in [0.15, 0.2) is 59.5 Å². The van der Waals surface area contributed by atoms with E-state index < -0.39 is 0 Å². The summed E-state index contributed by atoms with van der Waals surface area (Å²) in [5.41, 5.74) is 1.37. The van der Waals surface area contributed by atoms with Gasteiger partial charge in [0.05, 0.1) is 17.8 Å². The molecule has 2 aromatic carbocycles. The Hall–Kier alpha value is -2.66. The summed E-state index contributed by atoms with van der Waals surface area (Å²) < 4.78 is 1.55. The Morgan fingerprint density at radius 1 is 1.20 bits per heavy atom. The number of carbonyl (C=O) groups is 1. The van der Waals surface area contributed by atoms with E-state index in [1.807, 2.05) is 37.3 Å². The number of carbonyl (C=O) groups excluding carboxylic acids is 1. The van der Waals surface area contributed by atoms with E-state index in [0.717, 1.165) is 5.56 Å². The molecule has 0 aliphatic heterocycles. The van der Waals surface area contributed by atoms with Crippen molar-refractivity contribution in [1.29, 1.82) is 0 Å². The van der Waals surface area contributed by atoms with Crippen molar-refractivity contribution < 1.29 is 4.79 Å². The first-order valence-corrected chi connectivity index (χ1v) is 8.32. The molecule has 6 heteroatoms. The van der Waals surface area contributed by atoms with E-state index >= 15 is 0 Å². The Morgan fingerprint density at radius 2 is 1.88 bits per heavy atom. The minimum atomic E-state index is -0.174. The highest BCUT2D eigenvalue weighted by Crippen LogP contribution is 2.26. The predicted molar refractivity (Wildman–Crippen MR) is 98.6 cm³/mol. The number of likely N-dealkylation sites (N-methyl/N-ethyl adjacent to an activating group) is 1. The first kappa shape index (κ1) is 17.2. The van der Waals surface area contributed by atoms with E-state index in [1.54, 1.807) is 34.8 Å². The molecule has 1 heterocycles. The molecular formula is C19H18ClN3O2. The summed E-state index contributed by atoms with van der Waals surface area (Å²) >= 11 is 6.23. The van der Waals surface area contributed by atoms with Crippen LogP contribution in [0.4, 0.5) is 0 Å². The van der Waals surface area contributed by atoms with Crippen molar-refractivity contribution in [2.45, 2.75) is 19.5 Å². The number of hydrogen-bond acceptors (Lipinski definition) is 3. The molecule has 0 spiro atoms. The molecule has 5 nitrogen and oxygen atoms in total. The molecule has 0 bridgehead atoms. The molecule has 1 amide bonds. The number of para-hydroxylation sites is 1. The van der Waals surface area contributed by atoms with E-state index in [9.17, 15) is 9.59 Å². The minimum absolute atomic E-state index is 0.0477. The van der Waals surface area contributed by atoms with Crippen LogP contribution in [0.1, 0.15) is 18.5 Å². The molecule has 0 aliphatic carbocycles. The van der Waals surface area contributed by atoms with Crippen LogP contribution in [-0.2, 0) is 11.3 Å². The van der Waals surface area contributed by atoms with Gasteiger partial charge in [-0.05, 0) is 30.7 Å². The third-order valence-electron chi connectivity index (χ3n) is 4.38. The maximum atomic E-state index is 12.7. The van der Waals surface area contributed by atoms with Gasteiger partial charge in [-0.2, -0.15) is 5.10 Å². The second kappa shape index (κ2) is 7.07. The van der Waals surface area contributed by atoms with Gasteiger partial charge in [0.15, 0.2) is 0 Å². The minimum Gasteiger partial charge on any atom is -0.337 e.